The van der Waals surface area contributed by atoms with Crippen molar-refractivity contribution in [3.63, 3.8) is 0 Å². The fraction of sp³-hybridized carbons (Fsp3) is 0.636. The number of anilines is 1. The summed E-state index contributed by atoms with van der Waals surface area (Å²) in [5.41, 5.74) is 6.31. The van der Waals surface area contributed by atoms with E-state index in [1.165, 1.54) is 24.2 Å². The summed E-state index contributed by atoms with van der Waals surface area (Å²) in [6.07, 6.45) is 3.49. The van der Waals surface area contributed by atoms with Crippen molar-refractivity contribution >= 4 is 22.4 Å². The number of aromatic nitrogens is 1. The molecule has 1 saturated carbocycles. The van der Waals surface area contributed by atoms with Crippen LogP contribution < -0.4 is 11.1 Å². The summed E-state index contributed by atoms with van der Waals surface area (Å²) in [7, 11) is 0. The second-order valence-electron chi connectivity index (χ2n) is 4.45. The van der Waals surface area contributed by atoms with Gasteiger partial charge in [0, 0.05) is 6.04 Å². The maximum absolute atomic E-state index is 12.0. The zero-order chi connectivity index (χ0) is 11.7. The Kier molecular flexibility index (Phi) is 3.14. The molecule has 0 spiro atoms. The monoisotopic (exact) mass is 239 g/mol. The van der Waals surface area contributed by atoms with Crippen LogP contribution in [0.4, 0.5) is 5.13 Å². The van der Waals surface area contributed by atoms with Crippen LogP contribution >= 0.6 is 11.3 Å². The van der Waals surface area contributed by atoms with Gasteiger partial charge < -0.3 is 11.1 Å². The van der Waals surface area contributed by atoms with E-state index in [4.69, 9.17) is 5.73 Å². The lowest BCUT2D eigenvalue weighted by Crippen LogP contribution is -2.36. The zero-order valence-electron chi connectivity index (χ0n) is 9.62. The summed E-state index contributed by atoms with van der Waals surface area (Å²) in [6, 6.07) is 0.315. The number of hydrogen-bond donors (Lipinski definition) is 2. The van der Waals surface area contributed by atoms with Crippen LogP contribution in [0.1, 0.15) is 41.6 Å². The van der Waals surface area contributed by atoms with Crippen molar-refractivity contribution < 1.29 is 4.79 Å². The van der Waals surface area contributed by atoms with E-state index in [1.54, 1.807) is 0 Å². The molecule has 0 aliphatic heterocycles. The zero-order valence-corrected chi connectivity index (χ0v) is 10.4. The van der Waals surface area contributed by atoms with Crippen LogP contribution in [0.2, 0.25) is 0 Å². The lowest BCUT2D eigenvalue weighted by atomic mass is 10.1. The average Bonchev–Trinajstić information content (AvgIpc) is 2.74. The first-order valence-electron chi connectivity index (χ1n) is 5.61. The molecule has 1 fully saturated rings. The Morgan fingerprint density at radius 1 is 1.56 bits per heavy atom. The van der Waals surface area contributed by atoms with Crippen LogP contribution in [0, 0.1) is 12.8 Å². The molecule has 2 rings (SSSR count). The van der Waals surface area contributed by atoms with E-state index in [-0.39, 0.29) is 5.91 Å². The SMILES string of the molecule is Cc1nc(N)sc1C(=O)NC1CCCC1C. The molecular formula is C11H17N3OS. The number of aryl methyl sites for hydroxylation is 1. The molecule has 0 radical (unpaired) electrons. The van der Waals surface area contributed by atoms with Gasteiger partial charge in [-0.25, -0.2) is 4.98 Å². The van der Waals surface area contributed by atoms with Crippen molar-refractivity contribution in [2.75, 3.05) is 5.73 Å². The van der Waals surface area contributed by atoms with Gasteiger partial charge in [0.2, 0.25) is 0 Å². The quantitative estimate of drug-likeness (QED) is 0.829. The second-order valence-corrected chi connectivity index (χ2v) is 5.49. The smallest absolute Gasteiger partial charge is 0.263 e. The number of nitrogens with two attached hydrogens (primary N) is 1. The van der Waals surface area contributed by atoms with E-state index in [9.17, 15) is 4.79 Å². The van der Waals surface area contributed by atoms with Gasteiger partial charge in [0.25, 0.3) is 5.91 Å². The van der Waals surface area contributed by atoms with Crippen molar-refractivity contribution in [3.8, 4) is 0 Å². The standard InChI is InChI=1S/C11H17N3OS/c1-6-4-3-5-8(6)14-10(15)9-7(2)13-11(12)16-9/h6,8H,3-5H2,1-2H3,(H2,12,13)(H,14,15). The first-order valence-corrected chi connectivity index (χ1v) is 6.43. The third-order valence-electron chi connectivity index (χ3n) is 3.20. The van der Waals surface area contributed by atoms with Crippen molar-refractivity contribution in [1.29, 1.82) is 0 Å². The lowest BCUT2D eigenvalue weighted by Gasteiger charge is -2.16. The van der Waals surface area contributed by atoms with E-state index in [0.29, 0.717) is 22.0 Å². The van der Waals surface area contributed by atoms with Gasteiger partial charge in [-0.2, -0.15) is 0 Å². The average molecular weight is 239 g/mol. The van der Waals surface area contributed by atoms with Gasteiger partial charge in [-0.15, -0.1) is 0 Å². The topological polar surface area (TPSA) is 68.0 Å². The van der Waals surface area contributed by atoms with E-state index >= 15 is 0 Å². The lowest BCUT2D eigenvalue weighted by molar-refractivity contribution is 0.0933. The molecule has 1 aliphatic carbocycles. The molecule has 5 heteroatoms. The van der Waals surface area contributed by atoms with E-state index in [1.807, 2.05) is 6.92 Å². The molecule has 1 aromatic rings. The molecule has 2 unspecified atom stereocenters. The van der Waals surface area contributed by atoms with Crippen molar-refractivity contribution in [3.05, 3.63) is 10.6 Å². The van der Waals surface area contributed by atoms with Gasteiger partial charge >= 0.3 is 0 Å². The summed E-state index contributed by atoms with van der Waals surface area (Å²) < 4.78 is 0. The number of amides is 1. The third kappa shape index (κ3) is 2.19. The van der Waals surface area contributed by atoms with E-state index in [0.717, 1.165) is 12.1 Å². The highest BCUT2D eigenvalue weighted by Gasteiger charge is 2.26. The largest absolute Gasteiger partial charge is 0.375 e. The van der Waals surface area contributed by atoms with E-state index in [2.05, 4.69) is 17.2 Å². The number of carbonyl (C=O) groups is 1. The van der Waals surface area contributed by atoms with Crippen LogP contribution in [0.25, 0.3) is 0 Å². The minimum absolute atomic E-state index is 0.0227. The van der Waals surface area contributed by atoms with Gasteiger partial charge in [-0.1, -0.05) is 24.7 Å². The Labute approximate surface area is 99.3 Å². The first-order chi connectivity index (χ1) is 7.58. The molecule has 1 amide bonds. The number of thiazole rings is 1. The van der Waals surface area contributed by atoms with Gasteiger partial charge in [0.15, 0.2) is 5.13 Å². The maximum Gasteiger partial charge on any atom is 0.263 e. The molecule has 2 atom stereocenters. The third-order valence-corrected chi connectivity index (χ3v) is 4.18. The minimum Gasteiger partial charge on any atom is -0.375 e. The second kappa shape index (κ2) is 4.41. The molecule has 1 aromatic heterocycles. The van der Waals surface area contributed by atoms with Gasteiger partial charge in [-0.3, -0.25) is 4.79 Å². The van der Waals surface area contributed by atoms with Crippen molar-refractivity contribution in [2.45, 2.75) is 39.2 Å². The Morgan fingerprint density at radius 3 is 2.81 bits per heavy atom. The molecule has 4 nitrogen and oxygen atoms in total. The molecule has 0 aromatic carbocycles. The maximum atomic E-state index is 12.0. The Balaban J connectivity index is 2.05. The van der Waals surface area contributed by atoms with Crippen LogP contribution in [0.3, 0.4) is 0 Å². The highest BCUT2D eigenvalue weighted by atomic mass is 32.1. The normalized spacial score (nSPS) is 24.6. The van der Waals surface area contributed by atoms with Crippen molar-refractivity contribution in [1.82, 2.24) is 10.3 Å². The molecule has 0 bridgehead atoms. The Bertz CT molecular complexity index is 402. The predicted molar refractivity (Wildman–Crippen MR) is 65.5 cm³/mol. The molecule has 16 heavy (non-hydrogen) atoms. The Morgan fingerprint density at radius 2 is 2.31 bits per heavy atom. The summed E-state index contributed by atoms with van der Waals surface area (Å²) in [5.74, 6) is 0.556. The number of nitrogens with one attached hydrogen (secondary N) is 1. The Hall–Kier alpha value is -1.10. The van der Waals surface area contributed by atoms with Gasteiger partial charge in [0.05, 0.1) is 5.69 Å². The summed E-state index contributed by atoms with van der Waals surface area (Å²) in [5, 5.41) is 3.54. The summed E-state index contributed by atoms with van der Waals surface area (Å²) in [4.78, 5) is 16.7. The van der Waals surface area contributed by atoms with Gasteiger partial charge in [0.1, 0.15) is 4.88 Å². The number of nitrogens with zero attached hydrogens (tertiary/aromatic N) is 1. The van der Waals surface area contributed by atoms with Gasteiger partial charge in [-0.05, 0) is 25.7 Å². The number of rotatable bonds is 2. The first kappa shape index (κ1) is 11.4. The van der Waals surface area contributed by atoms with Crippen LogP contribution in [-0.4, -0.2) is 16.9 Å². The molecule has 1 heterocycles. The van der Waals surface area contributed by atoms with Crippen LogP contribution in [0.5, 0.6) is 0 Å². The number of hydrogen-bond acceptors (Lipinski definition) is 4. The highest BCUT2D eigenvalue weighted by molar-refractivity contribution is 7.17. The van der Waals surface area contributed by atoms with Crippen LogP contribution in [0.15, 0.2) is 0 Å². The minimum atomic E-state index is -0.0227. The van der Waals surface area contributed by atoms with Crippen LogP contribution in [-0.2, 0) is 0 Å². The summed E-state index contributed by atoms with van der Waals surface area (Å²) in [6.45, 7) is 4.01. The molecule has 1 aliphatic rings. The molecule has 0 saturated heterocycles. The molecule has 88 valence electrons. The number of nitrogen functional groups attached to an aromatic ring is 1. The molecular weight excluding hydrogens is 222 g/mol. The highest BCUT2D eigenvalue weighted by Crippen LogP contribution is 2.26. The predicted octanol–water partition coefficient (Wildman–Crippen LogP) is 1.95. The van der Waals surface area contributed by atoms with E-state index < -0.39 is 0 Å². The summed E-state index contributed by atoms with van der Waals surface area (Å²) >= 11 is 1.26. The number of carbonyl (C=O) groups excluding carboxylic acids is 1. The fourth-order valence-corrected chi connectivity index (χ4v) is 2.96. The fourth-order valence-electron chi connectivity index (χ4n) is 2.22. The molecule has 3 N–H and O–H groups in total. The van der Waals surface area contributed by atoms with Crippen molar-refractivity contribution in [2.24, 2.45) is 5.92 Å².